The van der Waals surface area contributed by atoms with E-state index in [0.717, 1.165) is 37.9 Å². The molecular weight excluding hydrogens is 473 g/mol. The van der Waals surface area contributed by atoms with E-state index in [9.17, 15) is 13.2 Å². The summed E-state index contributed by atoms with van der Waals surface area (Å²) < 4.78 is 52.4. The van der Waals surface area contributed by atoms with Gasteiger partial charge in [-0.15, -0.1) is 0 Å². The van der Waals surface area contributed by atoms with E-state index in [4.69, 9.17) is 14.5 Å². The molecular formula is C25H31F3N6O2. The molecule has 0 radical (unpaired) electrons. The van der Waals surface area contributed by atoms with E-state index in [-0.39, 0.29) is 5.56 Å². The van der Waals surface area contributed by atoms with Gasteiger partial charge in [0.25, 0.3) is 6.43 Å². The highest BCUT2D eigenvalue weighted by molar-refractivity contribution is 5.90. The summed E-state index contributed by atoms with van der Waals surface area (Å²) in [6.45, 7) is 7.55. The second-order valence-electron chi connectivity index (χ2n) is 8.85. The van der Waals surface area contributed by atoms with E-state index < -0.39 is 23.8 Å². The maximum Gasteiger partial charge on any atom is 0.266 e. The Morgan fingerprint density at radius 1 is 1.06 bits per heavy atom. The minimum atomic E-state index is -2.90. The maximum atomic E-state index is 14.8. The van der Waals surface area contributed by atoms with Crippen LogP contribution < -0.4 is 15.0 Å². The molecule has 1 aliphatic heterocycles. The van der Waals surface area contributed by atoms with Gasteiger partial charge in [0, 0.05) is 38.9 Å². The number of ether oxygens (including phenoxy) is 2. The van der Waals surface area contributed by atoms with Crippen LogP contribution in [0.4, 0.5) is 24.7 Å². The molecule has 1 N–H and O–H groups in total. The van der Waals surface area contributed by atoms with Crippen molar-refractivity contribution in [2.45, 2.75) is 26.3 Å². The number of rotatable bonds is 9. The molecule has 1 saturated heterocycles. The standard InChI is InChI=1S/C25H31F3N6O2/c1-15(17-6-5-7-18(21(17)26)22(27)28)29-23-19-14-20(34-10-8-33(3)9-11-34)25(36-13-12-35-4)32-24(19)31-16(2)30-23/h5-7,14-15,22H,8-13H2,1-4H3,(H,29,30,31,32)/t15-/m1/s1. The van der Waals surface area contributed by atoms with Crippen molar-refractivity contribution in [3.05, 3.63) is 47.0 Å². The second kappa shape index (κ2) is 11.3. The van der Waals surface area contributed by atoms with Gasteiger partial charge >= 0.3 is 0 Å². The Labute approximate surface area is 208 Å². The van der Waals surface area contributed by atoms with Gasteiger partial charge in [-0.3, -0.25) is 0 Å². The second-order valence-corrected chi connectivity index (χ2v) is 8.85. The Morgan fingerprint density at radius 3 is 2.47 bits per heavy atom. The van der Waals surface area contributed by atoms with Gasteiger partial charge in [-0.05, 0) is 27.0 Å². The fourth-order valence-corrected chi connectivity index (χ4v) is 4.20. The van der Waals surface area contributed by atoms with Crippen LogP contribution in [-0.4, -0.2) is 73.4 Å². The lowest BCUT2D eigenvalue weighted by molar-refractivity contribution is 0.144. The first-order valence-corrected chi connectivity index (χ1v) is 11.9. The third-order valence-corrected chi connectivity index (χ3v) is 6.23. The van der Waals surface area contributed by atoms with Gasteiger partial charge in [0.1, 0.15) is 29.8 Å². The fraction of sp³-hybridized carbons (Fsp3) is 0.480. The molecule has 11 heteroatoms. The molecule has 0 aliphatic carbocycles. The number of likely N-dealkylation sites (N-methyl/N-ethyl adjacent to an activating group) is 1. The smallest absolute Gasteiger partial charge is 0.266 e. The normalized spacial score (nSPS) is 15.5. The molecule has 0 unspecified atom stereocenters. The number of pyridine rings is 1. The number of nitrogens with one attached hydrogen (secondary N) is 1. The number of hydrogen-bond donors (Lipinski definition) is 1. The third kappa shape index (κ3) is 5.62. The van der Waals surface area contributed by atoms with Crippen LogP contribution in [-0.2, 0) is 4.74 Å². The van der Waals surface area contributed by atoms with Crippen molar-refractivity contribution in [1.29, 1.82) is 0 Å². The molecule has 1 aromatic carbocycles. The van der Waals surface area contributed by atoms with Gasteiger partial charge in [-0.25, -0.2) is 23.1 Å². The monoisotopic (exact) mass is 504 g/mol. The minimum Gasteiger partial charge on any atom is -0.474 e. The van der Waals surface area contributed by atoms with Crippen LogP contribution in [0.25, 0.3) is 11.0 Å². The molecule has 2 aromatic heterocycles. The van der Waals surface area contributed by atoms with Crippen molar-refractivity contribution in [1.82, 2.24) is 19.9 Å². The number of piperazine rings is 1. The zero-order valence-corrected chi connectivity index (χ0v) is 20.9. The topological polar surface area (TPSA) is 75.6 Å². The lowest BCUT2D eigenvalue weighted by Gasteiger charge is -2.34. The lowest BCUT2D eigenvalue weighted by Crippen LogP contribution is -2.44. The summed E-state index contributed by atoms with van der Waals surface area (Å²) in [6, 6.07) is 5.31. The average Bonchev–Trinajstić information content (AvgIpc) is 2.84. The van der Waals surface area contributed by atoms with Crippen LogP contribution in [0.3, 0.4) is 0 Å². The Hall–Kier alpha value is -3.18. The number of methoxy groups -OCH3 is 1. The molecule has 36 heavy (non-hydrogen) atoms. The highest BCUT2D eigenvalue weighted by Gasteiger charge is 2.24. The van der Waals surface area contributed by atoms with Crippen LogP contribution in [0.5, 0.6) is 5.88 Å². The first kappa shape index (κ1) is 25.9. The molecule has 194 valence electrons. The van der Waals surface area contributed by atoms with Crippen molar-refractivity contribution >= 4 is 22.5 Å². The van der Waals surface area contributed by atoms with Crippen molar-refractivity contribution in [3.8, 4) is 5.88 Å². The van der Waals surface area contributed by atoms with Gasteiger partial charge in [0.05, 0.1) is 23.6 Å². The summed E-state index contributed by atoms with van der Waals surface area (Å²) in [5.74, 6) is 0.435. The summed E-state index contributed by atoms with van der Waals surface area (Å²) in [6.07, 6.45) is -2.90. The van der Waals surface area contributed by atoms with Crippen molar-refractivity contribution < 1.29 is 22.6 Å². The zero-order chi connectivity index (χ0) is 25.8. The Morgan fingerprint density at radius 2 is 1.78 bits per heavy atom. The third-order valence-electron chi connectivity index (χ3n) is 6.23. The number of anilines is 2. The molecule has 8 nitrogen and oxygen atoms in total. The SMILES string of the molecule is COCCOc1nc2nc(C)nc(N[C@H](C)c3cccc(C(F)F)c3F)c2cc1N1CCN(C)CC1. The van der Waals surface area contributed by atoms with Gasteiger partial charge in [-0.1, -0.05) is 18.2 Å². The highest BCUT2D eigenvalue weighted by Crippen LogP contribution is 2.35. The predicted molar refractivity (Wildman–Crippen MR) is 133 cm³/mol. The number of benzene rings is 1. The molecule has 3 heterocycles. The molecule has 0 spiro atoms. The summed E-state index contributed by atoms with van der Waals surface area (Å²) >= 11 is 0. The summed E-state index contributed by atoms with van der Waals surface area (Å²) in [5.41, 5.74) is 0.732. The number of nitrogens with zero attached hydrogens (tertiary/aromatic N) is 5. The fourth-order valence-electron chi connectivity index (χ4n) is 4.20. The van der Waals surface area contributed by atoms with Gasteiger partial charge < -0.3 is 24.6 Å². The van der Waals surface area contributed by atoms with Gasteiger partial charge in [0.15, 0.2) is 5.65 Å². The lowest BCUT2D eigenvalue weighted by atomic mass is 10.0. The zero-order valence-electron chi connectivity index (χ0n) is 20.9. The average molecular weight is 505 g/mol. The van der Waals surface area contributed by atoms with E-state index in [2.05, 4.69) is 32.1 Å². The van der Waals surface area contributed by atoms with Gasteiger partial charge in [0.2, 0.25) is 5.88 Å². The van der Waals surface area contributed by atoms with E-state index >= 15 is 0 Å². The number of aromatic nitrogens is 3. The van der Waals surface area contributed by atoms with Crippen molar-refractivity contribution in [2.75, 3.05) is 63.8 Å². The van der Waals surface area contributed by atoms with E-state index in [1.54, 1.807) is 21.0 Å². The number of alkyl halides is 2. The van der Waals surface area contributed by atoms with Crippen LogP contribution in [0.1, 0.15) is 36.3 Å². The number of hydrogen-bond acceptors (Lipinski definition) is 8. The highest BCUT2D eigenvalue weighted by atomic mass is 19.3. The molecule has 1 aliphatic rings. The number of halogens is 3. The molecule has 3 aromatic rings. The maximum absolute atomic E-state index is 14.8. The van der Waals surface area contributed by atoms with Crippen molar-refractivity contribution in [2.24, 2.45) is 0 Å². The summed E-state index contributed by atoms with van der Waals surface area (Å²) in [5, 5.41) is 3.82. The molecule has 1 atom stereocenters. The molecule has 0 amide bonds. The Kier molecular flexibility index (Phi) is 8.10. The minimum absolute atomic E-state index is 0.129. The number of fused-ring (bicyclic) bond motifs is 1. The van der Waals surface area contributed by atoms with Gasteiger partial charge in [-0.2, -0.15) is 4.98 Å². The van der Waals surface area contributed by atoms with Crippen LogP contribution >= 0.6 is 0 Å². The van der Waals surface area contributed by atoms with Crippen molar-refractivity contribution in [3.63, 3.8) is 0 Å². The van der Waals surface area contributed by atoms with E-state index in [1.807, 2.05) is 6.07 Å². The molecule has 1 fully saturated rings. The largest absolute Gasteiger partial charge is 0.474 e. The molecule has 4 rings (SSSR count). The first-order chi connectivity index (χ1) is 17.3. The van der Waals surface area contributed by atoms with E-state index in [1.165, 1.54) is 12.1 Å². The molecule has 0 saturated carbocycles. The Bertz CT molecular complexity index is 1200. The number of aryl methyl sites for hydroxylation is 1. The Balaban J connectivity index is 1.74. The predicted octanol–water partition coefficient (Wildman–Crippen LogP) is 4.36. The quantitative estimate of drug-likeness (QED) is 0.431. The summed E-state index contributed by atoms with van der Waals surface area (Å²) in [4.78, 5) is 18.2. The first-order valence-electron chi connectivity index (χ1n) is 11.9. The molecule has 0 bridgehead atoms. The summed E-state index contributed by atoms with van der Waals surface area (Å²) in [7, 11) is 3.68. The van der Waals surface area contributed by atoms with E-state index in [0.29, 0.717) is 41.8 Å². The van der Waals surface area contributed by atoms with Crippen LogP contribution in [0.15, 0.2) is 24.3 Å². The van der Waals surface area contributed by atoms with Crippen LogP contribution in [0.2, 0.25) is 0 Å². The van der Waals surface area contributed by atoms with Crippen LogP contribution in [0, 0.1) is 12.7 Å².